The number of carbonyl (C=O) groups is 1. The number of benzene rings is 1. The molecule has 3 N–H and O–H groups in total. The van der Waals surface area contributed by atoms with Crippen molar-refractivity contribution in [3.05, 3.63) is 48.5 Å². The van der Waals surface area contributed by atoms with Gasteiger partial charge in [-0.15, -0.1) is 0 Å². The van der Waals surface area contributed by atoms with Gasteiger partial charge >= 0.3 is 0 Å². The zero-order valence-corrected chi connectivity index (χ0v) is 15.3. The lowest BCUT2D eigenvalue weighted by Gasteiger charge is -2.33. The molecular weight excluding hydrogens is 378 g/mol. The van der Waals surface area contributed by atoms with Gasteiger partial charge in [-0.05, 0) is 12.1 Å². The molecule has 10 nitrogen and oxygen atoms in total. The Kier molecular flexibility index (Phi) is 4.28. The van der Waals surface area contributed by atoms with E-state index in [9.17, 15) is 15.0 Å². The van der Waals surface area contributed by atoms with Crippen molar-refractivity contribution in [2.45, 2.75) is 30.5 Å². The smallest absolute Gasteiger partial charge is 0.256 e. The molecule has 3 aromatic rings. The first-order valence-corrected chi connectivity index (χ1v) is 9.25. The monoisotopic (exact) mass is 397 g/mol. The zero-order valence-electron chi connectivity index (χ0n) is 15.3. The number of aliphatic hydroxyl groups excluding tert-OH is 2. The van der Waals surface area contributed by atoms with Crippen LogP contribution in [0.4, 0.5) is 5.82 Å². The topological polar surface area (TPSA) is 132 Å². The van der Waals surface area contributed by atoms with E-state index in [0.29, 0.717) is 29.8 Å². The number of nitrogens with one attached hydrogen (secondary N) is 1. The molecule has 1 amide bonds. The van der Waals surface area contributed by atoms with E-state index in [1.54, 1.807) is 28.8 Å². The Bertz CT molecular complexity index is 1060. The summed E-state index contributed by atoms with van der Waals surface area (Å²) in [6.45, 7) is 0.0588. The number of imidazole rings is 1. The highest BCUT2D eigenvalue weighted by Crippen LogP contribution is 2.44. The van der Waals surface area contributed by atoms with Crippen molar-refractivity contribution in [1.29, 1.82) is 0 Å². The van der Waals surface area contributed by atoms with Crippen LogP contribution in [0.5, 0.6) is 0 Å². The van der Waals surface area contributed by atoms with Crippen LogP contribution in [0.1, 0.15) is 23.0 Å². The Hall–Kier alpha value is -2.92. The van der Waals surface area contributed by atoms with Gasteiger partial charge in [0, 0.05) is 12.0 Å². The van der Waals surface area contributed by atoms with Gasteiger partial charge in [0.15, 0.2) is 23.2 Å². The molecule has 10 heteroatoms. The summed E-state index contributed by atoms with van der Waals surface area (Å²) in [5, 5.41) is 23.1. The number of anilines is 1. The van der Waals surface area contributed by atoms with Crippen LogP contribution in [0.3, 0.4) is 0 Å². The summed E-state index contributed by atoms with van der Waals surface area (Å²) >= 11 is 0. The van der Waals surface area contributed by atoms with Crippen molar-refractivity contribution in [2.75, 3.05) is 18.5 Å². The minimum atomic E-state index is -1.07. The third-order valence-corrected chi connectivity index (χ3v) is 5.49. The normalized spacial score (nSPS) is 28.6. The molecule has 0 spiro atoms. The number of rotatable bonds is 4. The highest BCUT2D eigenvalue weighted by Gasteiger charge is 2.58. The van der Waals surface area contributed by atoms with Gasteiger partial charge in [0.2, 0.25) is 0 Å². The Labute approximate surface area is 165 Å². The summed E-state index contributed by atoms with van der Waals surface area (Å²) < 4.78 is 13.4. The molecule has 1 unspecified atom stereocenters. The molecule has 2 aromatic heterocycles. The fourth-order valence-corrected chi connectivity index (χ4v) is 3.90. The third-order valence-electron chi connectivity index (χ3n) is 5.49. The van der Waals surface area contributed by atoms with Gasteiger partial charge in [-0.2, -0.15) is 0 Å². The molecule has 150 valence electrons. The van der Waals surface area contributed by atoms with Crippen LogP contribution < -0.4 is 5.32 Å². The van der Waals surface area contributed by atoms with E-state index in [0.717, 1.165) is 0 Å². The van der Waals surface area contributed by atoms with Gasteiger partial charge in [0.25, 0.3) is 5.91 Å². The molecule has 29 heavy (non-hydrogen) atoms. The number of carbonyl (C=O) groups excluding carboxylic acids is 1. The van der Waals surface area contributed by atoms with Gasteiger partial charge in [-0.25, -0.2) is 15.0 Å². The summed E-state index contributed by atoms with van der Waals surface area (Å²) in [5.41, 5.74) is 0.230. The van der Waals surface area contributed by atoms with E-state index in [4.69, 9.17) is 9.47 Å². The van der Waals surface area contributed by atoms with Gasteiger partial charge in [0.1, 0.15) is 24.1 Å². The molecule has 2 aliphatic heterocycles. The Morgan fingerprint density at radius 3 is 2.86 bits per heavy atom. The quantitative estimate of drug-likeness (QED) is 0.580. The molecule has 2 fully saturated rings. The average molecular weight is 397 g/mol. The number of aromatic nitrogens is 4. The minimum Gasteiger partial charge on any atom is -0.393 e. The highest BCUT2D eigenvalue weighted by molar-refractivity contribution is 6.06. The van der Waals surface area contributed by atoms with E-state index >= 15 is 0 Å². The molecular formula is C19H19N5O5. The largest absolute Gasteiger partial charge is 0.393 e. The van der Waals surface area contributed by atoms with E-state index < -0.39 is 24.0 Å². The number of hydrogen-bond acceptors (Lipinski definition) is 8. The molecule has 4 heterocycles. The fourth-order valence-electron chi connectivity index (χ4n) is 3.90. The van der Waals surface area contributed by atoms with Crippen LogP contribution in [-0.2, 0) is 9.47 Å². The molecule has 0 radical (unpaired) electrons. The SMILES string of the molecule is O=C(Nc1ncnc2c1ncn2[C@@H]1O[C@@]2(CO)CCO[C@H]1C2O)c1ccccc1. The maximum atomic E-state index is 12.5. The lowest BCUT2D eigenvalue weighted by atomic mass is 9.90. The number of ether oxygens (including phenoxy) is 2. The van der Waals surface area contributed by atoms with Crippen LogP contribution in [0.15, 0.2) is 43.0 Å². The van der Waals surface area contributed by atoms with Crippen molar-refractivity contribution in [1.82, 2.24) is 19.5 Å². The van der Waals surface area contributed by atoms with E-state index in [1.165, 1.54) is 12.7 Å². The van der Waals surface area contributed by atoms with Crippen molar-refractivity contribution in [3.8, 4) is 0 Å². The molecule has 0 aliphatic carbocycles. The predicted molar refractivity (Wildman–Crippen MR) is 100 cm³/mol. The third kappa shape index (κ3) is 2.80. The van der Waals surface area contributed by atoms with Gasteiger partial charge in [-0.3, -0.25) is 9.36 Å². The maximum absolute atomic E-state index is 12.5. The first kappa shape index (κ1) is 18.1. The van der Waals surface area contributed by atoms with E-state index in [2.05, 4.69) is 20.3 Å². The van der Waals surface area contributed by atoms with Crippen LogP contribution in [-0.4, -0.2) is 66.7 Å². The molecule has 4 atom stereocenters. The first-order valence-electron chi connectivity index (χ1n) is 9.25. The van der Waals surface area contributed by atoms with E-state index in [1.807, 2.05) is 6.07 Å². The van der Waals surface area contributed by atoms with Crippen LogP contribution in [0.25, 0.3) is 11.2 Å². The first-order chi connectivity index (χ1) is 14.1. The molecule has 0 saturated carbocycles. The molecule has 2 bridgehead atoms. The van der Waals surface area contributed by atoms with Gasteiger partial charge < -0.3 is 25.0 Å². The summed E-state index contributed by atoms with van der Waals surface area (Å²) in [6.07, 6.45) is 0.869. The van der Waals surface area contributed by atoms with Crippen molar-refractivity contribution in [3.63, 3.8) is 0 Å². The Balaban J connectivity index is 1.49. The second kappa shape index (κ2) is 6.85. The number of aliphatic hydroxyl groups is 2. The van der Waals surface area contributed by atoms with Crippen molar-refractivity contribution < 1.29 is 24.5 Å². The lowest BCUT2D eigenvalue weighted by molar-refractivity contribution is -0.143. The fraction of sp³-hybridized carbons (Fsp3) is 0.368. The highest BCUT2D eigenvalue weighted by atomic mass is 16.6. The molecule has 2 aliphatic rings. The van der Waals surface area contributed by atoms with Gasteiger partial charge in [-0.1, -0.05) is 18.2 Å². The number of hydrogen-bond donors (Lipinski definition) is 3. The van der Waals surface area contributed by atoms with Crippen molar-refractivity contribution in [2.24, 2.45) is 0 Å². The lowest BCUT2D eigenvalue weighted by Crippen LogP contribution is -2.51. The molecule has 5 rings (SSSR count). The number of fused-ring (bicyclic) bond motifs is 3. The van der Waals surface area contributed by atoms with Crippen LogP contribution in [0, 0.1) is 0 Å². The van der Waals surface area contributed by atoms with Crippen LogP contribution >= 0.6 is 0 Å². The summed E-state index contributed by atoms with van der Waals surface area (Å²) in [5.74, 6) is -0.0481. The van der Waals surface area contributed by atoms with Crippen molar-refractivity contribution >= 4 is 22.9 Å². The second-order valence-electron chi connectivity index (χ2n) is 7.13. The minimum absolute atomic E-state index is 0.266. The number of nitrogens with zero attached hydrogens (tertiary/aromatic N) is 4. The predicted octanol–water partition coefficient (Wildman–Crippen LogP) is 0.488. The summed E-state index contributed by atoms with van der Waals surface area (Å²) in [4.78, 5) is 25.2. The standard InChI is InChI=1S/C19H19N5O5/c25-8-19-6-7-28-13(14(19)26)18(29-19)24-10-22-12-15(20-9-21-16(12)24)23-17(27)11-4-2-1-3-5-11/h1-5,9-10,13-14,18,25-26H,6-8H2,(H,20,21,23,27)/t13-,14?,18+,19+/m0/s1. The summed E-state index contributed by atoms with van der Waals surface area (Å²) in [6, 6.07) is 8.78. The zero-order chi connectivity index (χ0) is 20.0. The summed E-state index contributed by atoms with van der Waals surface area (Å²) in [7, 11) is 0. The number of amides is 1. The van der Waals surface area contributed by atoms with Crippen LogP contribution in [0.2, 0.25) is 0 Å². The maximum Gasteiger partial charge on any atom is 0.256 e. The van der Waals surface area contributed by atoms with E-state index in [-0.39, 0.29) is 18.3 Å². The average Bonchev–Trinajstić information content (AvgIpc) is 3.22. The molecule has 1 aromatic carbocycles. The Morgan fingerprint density at radius 1 is 1.28 bits per heavy atom. The second-order valence-corrected chi connectivity index (χ2v) is 7.13. The Morgan fingerprint density at radius 2 is 2.10 bits per heavy atom. The molecule has 2 saturated heterocycles. The van der Waals surface area contributed by atoms with Gasteiger partial charge in [0.05, 0.1) is 19.5 Å².